The molecular formula is C22H25Cl2NO2. The summed E-state index contributed by atoms with van der Waals surface area (Å²) in [5.41, 5.74) is 3.23. The molecule has 0 aliphatic carbocycles. The molecule has 0 radical (unpaired) electrons. The molecule has 1 aliphatic heterocycles. The van der Waals surface area contributed by atoms with Gasteiger partial charge in [0.25, 0.3) is 0 Å². The molecule has 2 aromatic carbocycles. The summed E-state index contributed by atoms with van der Waals surface area (Å²) < 4.78 is 5.55. The van der Waals surface area contributed by atoms with Gasteiger partial charge in [-0.05, 0) is 49.4 Å². The van der Waals surface area contributed by atoms with Crippen LogP contribution in [0.3, 0.4) is 0 Å². The normalized spacial score (nSPS) is 16.1. The highest BCUT2D eigenvalue weighted by Gasteiger charge is 2.36. The Labute approximate surface area is 171 Å². The van der Waals surface area contributed by atoms with E-state index in [1.165, 1.54) is 11.1 Å². The van der Waals surface area contributed by atoms with E-state index in [0.717, 1.165) is 24.8 Å². The molecule has 1 fully saturated rings. The number of carbonyl (C=O) groups is 1. The van der Waals surface area contributed by atoms with Gasteiger partial charge < -0.3 is 10.1 Å². The Kier molecular flexibility index (Phi) is 6.80. The first-order valence-corrected chi connectivity index (χ1v) is 10.1. The molecule has 5 heteroatoms. The number of aryl methyl sites for hydroxylation is 2. The van der Waals surface area contributed by atoms with Crippen LogP contribution in [0.1, 0.15) is 36.0 Å². The van der Waals surface area contributed by atoms with Crippen LogP contribution in [0.2, 0.25) is 10.0 Å². The standard InChI is InChI=1S/C22H25Cl2NO2/c1-16-3-2-4-17(13-16)5-8-21(26)25-15-22(9-11-27-12-10-22)19-7-6-18(23)14-20(19)24/h2-4,6-7,13-14H,5,8-12,15H2,1H3,(H,25,26). The minimum Gasteiger partial charge on any atom is -0.381 e. The average Bonchev–Trinajstić information content (AvgIpc) is 2.65. The van der Waals surface area contributed by atoms with Gasteiger partial charge in [0, 0.05) is 41.6 Å². The molecule has 1 amide bonds. The summed E-state index contributed by atoms with van der Waals surface area (Å²) in [5, 5.41) is 4.40. The summed E-state index contributed by atoms with van der Waals surface area (Å²) in [6.45, 7) is 3.95. The molecule has 0 bridgehead atoms. The van der Waals surface area contributed by atoms with Crippen molar-refractivity contribution in [1.29, 1.82) is 0 Å². The minimum atomic E-state index is -0.209. The van der Waals surface area contributed by atoms with Gasteiger partial charge >= 0.3 is 0 Å². The van der Waals surface area contributed by atoms with Crippen LogP contribution < -0.4 is 5.32 Å². The minimum absolute atomic E-state index is 0.0625. The predicted molar refractivity (Wildman–Crippen MR) is 111 cm³/mol. The largest absolute Gasteiger partial charge is 0.381 e. The van der Waals surface area contributed by atoms with E-state index >= 15 is 0 Å². The Morgan fingerprint density at radius 2 is 1.93 bits per heavy atom. The zero-order valence-corrected chi connectivity index (χ0v) is 17.1. The first-order valence-electron chi connectivity index (χ1n) is 9.34. The average molecular weight is 406 g/mol. The second-order valence-electron chi connectivity index (χ2n) is 7.28. The number of amides is 1. The molecule has 2 aromatic rings. The number of hydrogen-bond acceptors (Lipinski definition) is 2. The molecule has 0 unspecified atom stereocenters. The second-order valence-corrected chi connectivity index (χ2v) is 8.13. The van der Waals surface area contributed by atoms with Gasteiger partial charge in [-0.2, -0.15) is 0 Å². The molecule has 1 aliphatic rings. The molecule has 1 N–H and O–H groups in total. The first kappa shape index (κ1) is 20.2. The maximum atomic E-state index is 12.5. The SMILES string of the molecule is Cc1cccc(CCC(=O)NCC2(c3ccc(Cl)cc3Cl)CCOCC2)c1. The lowest BCUT2D eigenvalue weighted by molar-refractivity contribution is -0.121. The molecule has 3 rings (SSSR count). The van der Waals surface area contributed by atoms with E-state index in [1.807, 2.05) is 18.2 Å². The summed E-state index contributed by atoms with van der Waals surface area (Å²) in [7, 11) is 0. The zero-order valence-electron chi connectivity index (χ0n) is 15.6. The van der Waals surface area contributed by atoms with Crippen LogP contribution in [0, 0.1) is 6.92 Å². The van der Waals surface area contributed by atoms with Crippen molar-refractivity contribution in [2.75, 3.05) is 19.8 Å². The molecule has 27 heavy (non-hydrogen) atoms. The van der Waals surface area contributed by atoms with Crippen molar-refractivity contribution in [3.63, 3.8) is 0 Å². The number of benzene rings is 2. The van der Waals surface area contributed by atoms with E-state index in [1.54, 1.807) is 6.07 Å². The Morgan fingerprint density at radius 1 is 1.15 bits per heavy atom. The molecule has 1 saturated heterocycles. The van der Waals surface area contributed by atoms with Crippen molar-refractivity contribution in [1.82, 2.24) is 5.32 Å². The van der Waals surface area contributed by atoms with Crippen molar-refractivity contribution in [2.24, 2.45) is 0 Å². The van der Waals surface area contributed by atoms with Gasteiger partial charge in [-0.25, -0.2) is 0 Å². The summed E-state index contributed by atoms with van der Waals surface area (Å²) in [4.78, 5) is 12.5. The number of carbonyl (C=O) groups excluding carboxylic acids is 1. The lowest BCUT2D eigenvalue weighted by Crippen LogP contribution is -2.44. The Hall–Kier alpha value is -1.55. The van der Waals surface area contributed by atoms with Crippen LogP contribution in [-0.4, -0.2) is 25.7 Å². The van der Waals surface area contributed by atoms with Gasteiger partial charge in [-0.1, -0.05) is 59.1 Å². The Morgan fingerprint density at radius 3 is 2.63 bits per heavy atom. The maximum Gasteiger partial charge on any atom is 0.220 e. The summed E-state index contributed by atoms with van der Waals surface area (Å²) in [6, 6.07) is 13.9. The smallest absolute Gasteiger partial charge is 0.220 e. The highest BCUT2D eigenvalue weighted by Crippen LogP contribution is 2.39. The van der Waals surface area contributed by atoms with E-state index in [0.29, 0.717) is 36.2 Å². The molecule has 0 atom stereocenters. The van der Waals surface area contributed by atoms with Crippen LogP contribution >= 0.6 is 23.2 Å². The van der Waals surface area contributed by atoms with E-state index in [2.05, 4.69) is 30.4 Å². The summed E-state index contributed by atoms with van der Waals surface area (Å²) in [6.07, 6.45) is 2.87. The topological polar surface area (TPSA) is 38.3 Å². The second kappa shape index (κ2) is 9.09. The number of halogens is 2. The van der Waals surface area contributed by atoms with Gasteiger partial charge in [0.1, 0.15) is 0 Å². The monoisotopic (exact) mass is 405 g/mol. The van der Waals surface area contributed by atoms with Gasteiger partial charge in [0.15, 0.2) is 0 Å². The number of nitrogens with one attached hydrogen (secondary N) is 1. The van der Waals surface area contributed by atoms with Crippen molar-refractivity contribution < 1.29 is 9.53 Å². The van der Waals surface area contributed by atoms with Crippen molar-refractivity contribution in [2.45, 2.75) is 38.0 Å². The van der Waals surface area contributed by atoms with Crippen LogP contribution in [0.15, 0.2) is 42.5 Å². The van der Waals surface area contributed by atoms with Gasteiger partial charge in [-0.15, -0.1) is 0 Å². The fraction of sp³-hybridized carbons (Fsp3) is 0.409. The van der Waals surface area contributed by atoms with Crippen LogP contribution in [0.4, 0.5) is 0 Å². The quantitative estimate of drug-likeness (QED) is 0.725. The molecule has 1 heterocycles. The number of hydrogen-bond donors (Lipinski definition) is 1. The van der Waals surface area contributed by atoms with E-state index in [4.69, 9.17) is 27.9 Å². The molecule has 0 aromatic heterocycles. The lowest BCUT2D eigenvalue weighted by atomic mass is 9.74. The first-order chi connectivity index (χ1) is 13.0. The van der Waals surface area contributed by atoms with Crippen molar-refractivity contribution in [3.8, 4) is 0 Å². The maximum absolute atomic E-state index is 12.5. The third-order valence-electron chi connectivity index (χ3n) is 5.30. The van der Waals surface area contributed by atoms with Gasteiger partial charge in [-0.3, -0.25) is 4.79 Å². The molecule has 3 nitrogen and oxygen atoms in total. The summed E-state index contributed by atoms with van der Waals surface area (Å²) >= 11 is 12.5. The van der Waals surface area contributed by atoms with Crippen molar-refractivity contribution >= 4 is 29.1 Å². The highest BCUT2D eigenvalue weighted by atomic mass is 35.5. The summed E-state index contributed by atoms with van der Waals surface area (Å²) in [5.74, 6) is 0.0625. The lowest BCUT2D eigenvalue weighted by Gasteiger charge is -2.38. The van der Waals surface area contributed by atoms with Crippen molar-refractivity contribution in [3.05, 3.63) is 69.2 Å². The van der Waals surface area contributed by atoms with Crippen LogP contribution in [0.25, 0.3) is 0 Å². The highest BCUT2D eigenvalue weighted by molar-refractivity contribution is 6.35. The Bertz CT molecular complexity index is 801. The van der Waals surface area contributed by atoms with E-state index in [-0.39, 0.29) is 11.3 Å². The Balaban J connectivity index is 1.65. The molecular weight excluding hydrogens is 381 g/mol. The van der Waals surface area contributed by atoms with E-state index in [9.17, 15) is 4.79 Å². The molecule has 0 saturated carbocycles. The fourth-order valence-electron chi connectivity index (χ4n) is 3.70. The van der Waals surface area contributed by atoms with E-state index < -0.39 is 0 Å². The predicted octanol–water partition coefficient (Wildman–Crippen LogP) is 5.10. The molecule has 0 spiro atoms. The van der Waals surface area contributed by atoms with Gasteiger partial charge in [0.05, 0.1) is 0 Å². The third kappa shape index (κ3) is 5.25. The van der Waals surface area contributed by atoms with Crippen LogP contribution in [-0.2, 0) is 21.4 Å². The van der Waals surface area contributed by atoms with Gasteiger partial charge in [0.2, 0.25) is 5.91 Å². The number of rotatable bonds is 6. The van der Waals surface area contributed by atoms with Crippen LogP contribution in [0.5, 0.6) is 0 Å². The number of ether oxygens (including phenoxy) is 1. The molecule has 144 valence electrons. The zero-order chi connectivity index (χ0) is 19.3. The third-order valence-corrected chi connectivity index (χ3v) is 5.85. The fourth-order valence-corrected chi connectivity index (χ4v) is 4.31.